The Morgan fingerprint density at radius 2 is 1.59 bits per heavy atom. The fourth-order valence-corrected chi connectivity index (χ4v) is 4.51. The van der Waals surface area contributed by atoms with Gasteiger partial charge in [-0.05, 0) is 60.8 Å². The molecule has 1 fully saturated rings. The first kappa shape index (κ1) is 20.1. The normalized spacial score (nSPS) is 21.4. The third-order valence-electron chi connectivity index (χ3n) is 3.77. The fraction of sp³-hybridized carbons (Fsp3) is 1.00. The number of hydrogen-bond acceptors (Lipinski definition) is 4. The van der Waals surface area contributed by atoms with E-state index < -0.39 is 0 Å². The number of nitrogens with one attached hydrogen (secondary N) is 1. The molecule has 1 aliphatic rings. The molecule has 1 aliphatic heterocycles. The lowest BCUT2D eigenvalue weighted by molar-refractivity contribution is -0.0829. The van der Waals surface area contributed by atoms with Crippen molar-refractivity contribution in [1.29, 1.82) is 0 Å². The van der Waals surface area contributed by atoms with Crippen LogP contribution in [0.2, 0.25) is 6.04 Å². The second-order valence-electron chi connectivity index (χ2n) is 7.34. The van der Waals surface area contributed by atoms with Crippen molar-refractivity contribution in [2.24, 2.45) is 0 Å². The highest BCUT2D eigenvalue weighted by molar-refractivity contribution is 6.36. The number of hydrogen-bond donors (Lipinski definition) is 1. The highest BCUT2D eigenvalue weighted by atomic mass is 28.2. The molecule has 5 heteroatoms. The van der Waals surface area contributed by atoms with E-state index in [4.69, 9.17) is 14.2 Å². The second-order valence-corrected chi connectivity index (χ2v) is 8.72. The van der Waals surface area contributed by atoms with Crippen LogP contribution in [0.25, 0.3) is 0 Å². The van der Waals surface area contributed by atoms with Gasteiger partial charge in [0.25, 0.3) is 0 Å². The molecule has 0 atom stereocenters. The Labute approximate surface area is 139 Å². The third-order valence-corrected chi connectivity index (χ3v) is 5.08. The summed E-state index contributed by atoms with van der Waals surface area (Å²) in [7, 11) is 0.697. The highest BCUT2D eigenvalue weighted by Gasteiger charge is 2.37. The van der Waals surface area contributed by atoms with Crippen LogP contribution in [-0.4, -0.2) is 52.4 Å². The Morgan fingerprint density at radius 3 is 2.09 bits per heavy atom. The summed E-state index contributed by atoms with van der Waals surface area (Å²) in [5.41, 5.74) is 0.312. The summed E-state index contributed by atoms with van der Waals surface area (Å²) in [6.45, 7) is 15.4. The molecule has 0 bridgehead atoms. The molecule has 0 unspecified atom stereocenters. The average molecular weight is 330 g/mol. The second kappa shape index (κ2) is 9.38. The van der Waals surface area contributed by atoms with Crippen LogP contribution >= 0.6 is 0 Å². The van der Waals surface area contributed by atoms with Crippen molar-refractivity contribution in [2.75, 3.05) is 19.8 Å². The van der Waals surface area contributed by atoms with Crippen molar-refractivity contribution < 1.29 is 14.2 Å². The number of rotatable bonds is 10. The van der Waals surface area contributed by atoms with E-state index in [1.807, 2.05) is 13.8 Å². The molecule has 1 saturated heterocycles. The Kier molecular flexibility index (Phi) is 8.57. The van der Waals surface area contributed by atoms with Gasteiger partial charge in [0.05, 0.1) is 6.10 Å². The molecule has 1 heterocycles. The summed E-state index contributed by atoms with van der Waals surface area (Å²) in [6.07, 6.45) is 3.61. The summed E-state index contributed by atoms with van der Waals surface area (Å²) >= 11 is 0. The summed E-state index contributed by atoms with van der Waals surface area (Å²) in [5, 5.41) is 3.69. The highest BCUT2D eigenvalue weighted by Crippen LogP contribution is 2.30. The molecule has 0 spiro atoms. The summed E-state index contributed by atoms with van der Waals surface area (Å²) < 4.78 is 17.3. The van der Waals surface area contributed by atoms with Crippen LogP contribution in [0.15, 0.2) is 0 Å². The van der Waals surface area contributed by atoms with Crippen LogP contribution in [0, 0.1) is 0 Å². The summed E-state index contributed by atoms with van der Waals surface area (Å²) in [6, 6.07) is 1.11. The van der Waals surface area contributed by atoms with Gasteiger partial charge in [-0.25, -0.2) is 0 Å². The quantitative estimate of drug-likeness (QED) is 0.380. The molecule has 0 amide bonds. The Bertz CT molecular complexity index is 288. The van der Waals surface area contributed by atoms with Crippen LogP contribution in [-0.2, 0) is 14.2 Å². The molecule has 0 aromatic rings. The minimum atomic E-state index is -0.0215. The summed E-state index contributed by atoms with van der Waals surface area (Å²) in [5.74, 6) is -0.0215. The smallest absolute Gasteiger partial charge is 0.137 e. The minimum absolute atomic E-state index is 0.0215. The van der Waals surface area contributed by atoms with E-state index in [-0.39, 0.29) is 17.0 Å². The van der Waals surface area contributed by atoms with Gasteiger partial charge < -0.3 is 19.5 Å². The van der Waals surface area contributed by atoms with Crippen LogP contribution in [0.4, 0.5) is 0 Å². The molecule has 1 N–H and O–H groups in total. The van der Waals surface area contributed by atoms with Crippen LogP contribution in [0.5, 0.6) is 0 Å². The molecule has 0 aromatic heterocycles. The first-order valence-corrected chi connectivity index (χ1v) is 9.94. The molecular formula is C17H35NO3Si. The molecule has 0 aliphatic carbocycles. The van der Waals surface area contributed by atoms with E-state index in [0.717, 1.165) is 31.9 Å². The van der Waals surface area contributed by atoms with Crippen molar-refractivity contribution in [3.8, 4) is 0 Å². The van der Waals surface area contributed by atoms with Gasteiger partial charge in [-0.1, -0.05) is 6.04 Å². The minimum Gasteiger partial charge on any atom is -0.378 e. The largest absolute Gasteiger partial charge is 0.378 e. The first-order chi connectivity index (χ1) is 10.3. The van der Waals surface area contributed by atoms with E-state index in [9.17, 15) is 0 Å². The average Bonchev–Trinajstić information content (AvgIpc) is 2.35. The lowest BCUT2D eigenvalue weighted by Crippen LogP contribution is -2.59. The predicted molar refractivity (Wildman–Crippen MR) is 92.5 cm³/mol. The van der Waals surface area contributed by atoms with E-state index in [0.29, 0.717) is 28.8 Å². The molecule has 130 valence electrons. The molecular weight excluding hydrogens is 294 g/mol. The molecule has 22 heavy (non-hydrogen) atoms. The van der Waals surface area contributed by atoms with Crippen LogP contribution in [0.3, 0.4) is 0 Å². The molecule has 2 radical (unpaired) electrons. The van der Waals surface area contributed by atoms with Crippen LogP contribution < -0.4 is 5.32 Å². The maximum absolute atomic E-state index is 6.14. The third kappa shape index (κ3) is 8.06. The van der Waals surface area contributed by atoms with Gasteiger partial charge in [-0.15, -0.1) is 0 Å². The first-order valence-electron chi connectivity index (χ1n) is 8.65. The molecule has 0 saturated carbocycles. The Balaban J connectivity index is 2.21. The molecule has 0 aromatic carbocycles. The van der Waals surface area contributed by atoms with E-state index in [2.05, 4.69) is 33.0 Å². The Hall–Kier alpha value is 0.0569. The zero-order chi connectivity index (χ0) is 16.6. The fourth-order valence-electron chi connectivity index (χ4n) is 3.36. The van der Waals surface area contributed by atoms with Gasteiger partial charge in [0.15, 0.2) is 0 Å². The van der Waals surface area contributed by atoms with Crippen molar-refractivity contribution >= 4 is 9.52 Å². The van der Waals surface area contributed by atoms with E-state index in [1.54, 1.807) is 0 Å². The van der Waals surface area contributed by atoms with Gasteiger partial charge >= 0.3 is 0 Å². The lowest BCUT2D eigenvalue weighted by Gasteiger charge is -2.46. The van der Waals surface area contributed by atoms with Gasteiger partial charge in [-0.3, -0.25) is 0 Å². The van der Waals surface area contributed by atoms with E-state index >= 15 is 0 Å². The van der Waals surface area contributed by atoms with Gasteiger partial charge in [0, 0.05) is 30.9 Å². The SMILES string of the molecule is CCOC(OCC)[Si]CCCOC1CC(C)(C)NC(C)(C)C1. The summed E-state index contributed by atoms with van der Waals surface area (Å²) in [4.78, 5) is 0. The lowest BCUT2D eigenvalue weighted by atomic mass is 9.81. The van der Waals surface area contributed by atoms with E-state index in [1.165, 1.54) is 0 Å². The standard InChI is InChI=1S/C17H35NO3Si/c1-7-19-15(20-8-2)22-11-9-10-21-14-12-16(3,4)18-17(5,6)13-14/h14-15,18H,7-13H2,1-6H3. The maximum atomic E-state index is 6.14. The van der Waals surface area contributed by atoms with Gasteiger partial charge in [0.1, 0.15) is 15.4 Å². The zero-order valence-corrected chi connectivity index (χ0v) is 16.3. The van der Waals surface area contributed by atoms with Crippen molar-refractivity contribution in [2.45, 2.75) is 89.9 Å². The van der Waals surface area contributed by atoms with Crippen molar-refractivity contribution in [3.63, 3.8) is 0 Å². The predicted octanol–water partition coefficient (Wildman–Crippen LogP) is 3.18. The van der Waals surface area contributed by atoms with Crippen LogP contribution in [0.1, 0.15) is 60.8 Å². The molecule has 1 rings (SSSR count). The van der Waals surface area contributed by atoms with Crippen molar-refractivity contribution in [1.82, 2.24) is 5.32 Å². The zero-order valence-electron chi connectivity index (χ0n) is 15.3. The molecule has 4 nitrogen and oxygen atoms in total. The number of ether oxygens (including phenoxy) is 3. The maximum Gasteiger partial charge on any atom is 0.137 e. The Morgan fingerprint density at radius 1 is 1.05 bits per heavy atom. The van der Waals surface area contributed by atoms with Gasteiger partial charge in [0.2, 0.25) is 0 Å². The number of piperidine rings is 1. The monoisotopic (exact) mass is 329 g/mol. The van der Waals surface area contributed by atoms with Gasteiger partial charge in [-0.2, -0.15) is 0 Å². The van der Waals surface area contributed by atoms with Crippen molar-refractivity contribution in [3.05, 3.63) is 0 Å². The topological polar surface area (TPSA) is 39.7 Å².